The van der Waals surface area contributed by atoms with Crippen LogP contribution in [0.1, 0.15) is 45.2 Å². The summed E-state index contributed by atoms with van der Waals surface area (Å²) in [5.41, 5.74) is 5.38. The van der Waals surface area contributed by atoms with E-state index in [-0.39, 0.29) is 17.7 Å². The number of methoxy groups -OCH3 is 1. The molecule has 3 heterocycles. The Labute approximate surface area is 232 Å². The maximum Gasteiger partial charge on any atom is 0.255 e. The van der Waals surface area contributed by atoms with Crippen molar-refractivity contribution in [3.63, 3.8) is 0 Å². The number of carbonyl (C=O) groups excluding carboxylic acids is 3. The Balaban J connectivity index is 1.33. The van der Waals surface area contributed by atoms with Gasteiger partial charge in [0, 0.05) is 55.3 Å². The molecule has 3 amide bonds. The Morgan fingerprint density at radius 1 is 1.02 bits per heavy atom. The lowest BCUT2D eigenvalue weighted by molar-refractivity contribution is -0.132. The molecule has 3 N–H and O–H groups in total. The van der Waals surface area contributed by atoms with Crippen molar-refractivity contribution in [3.05, 3.63) is 107 Å². The van der Waals surface area contributed by atoms with Crippen LogP contribution in [0.2, 0.25) is 0 Å². The van der Waals surface area contributed by atoms with Crippen molar-refractivity contribution in [2.45, 2.75) is 37.4 Å². The van der Waals surface area contributed by atoms with Gasteiger partial charge in [0.1, 0.15) is 12.1 Å². The number of nitrogens with zero attached hydrogens (tertiary/aromatic N) is 1. The van der Waals surface area contributed by atoms with Gasteiger partial charge in [-0.25, -0.2) is 0 Å². The van der Waals surface area contributed by atoms with Crippen molar-refractivity contribution in [3.8, 4) is 0 Å². The average Bonchev–Trinajstić information content (AvgIpc) is 3.50. The maximum atomic E-state index is 14.1. The van der Waals surface area contributed by atoms with E-state index in [2.05, 4.69) is 15.6 Å². The van der Waals surface area contributed by atoms with Gasteiger partial charge in [-0.05, 0) is 35.2 Å². The zero-order chi connectivity index (χ0) is 27.6. The van der Waals surface area contributed by atoms with E-state index in [1.807, 2.05) is 78.9 Å². The predicted octanol–water partition coefficient (Wildman–Crippen LogP) is 3.52. The number of ether oxygens (including phenoxy) is 1. The molecule has 0 unspecified atom stereocenters. The highest BCUT2D eigenvalue weighted by Gasteiger charge is 2.49. The summed E-state index contributed by atoms with van der Waals surface area (Å²) in [6.45, 7) is 0.974. The third-order valence-corrected chi connectivity index (χ3v) is 7.89. The molecule has 0 saturated heterocycles. The monoisotopic (exact) mass is 536 g/mol. The molecule has 40 heavy (non-hydrogen) atoms. The Morgan fingerprint density at radius 2 is 1.77 bits per heavy atom. The fourth-order valence-electron chi connectivity index (χ4n) is 6.02. The number of H-pyrrole nitrogens is 1. The highest BCUT2D eigenvalue weighted by atomic mass is 16.5. The van der Waals surface area contributed by atoms with Gasteiger partial charge in [0.2, 0.25) is 11.8 Å². The Morgan fingerprint density at radius 3 is 2.60 bits per heavy atom. The van der Waals surface area contributed by atoms with E-state index in [4.69, 9.17) is 4.74 Å². The molecule has 4 aromatic rings. The van der Waals surface area contributed by atoms with Crippen molar-refractivity contribution in [1.29, 1.82) is 0 Å². The number of para-hydroxylation sites is 1. The normalized spacial score (nSPS) is 18.1. The number of hydrogen-bond acceptors (Lipinski definition) is 4. The number of nitrogens with one attached hydrogen (secondary N) is 3. The number of aromatic nitrogens is 1. The van der Waals surface area contributed by atoms with Gasteiger partial charge in [-0.15, -0.1) is 0 Å². The standard InChI is InChI=1S/C32H32N4O4/c1-40-17-9-16-33-30(37)26(18-20-10-3-2-4-11-20)35-31(38)27-19-24-21-12-7-8-15-25(21)34-28(24)29-22-13-5-6-14-23(22)32(39)36(27)29/h2-8,10-15,26-27,29,34H,9,16-19H2,1H3,(H,33,37)(H,35,38)/t26-,27-,29-/m0/s1. The lowest BCUT2D eigenvalue weighted by Crippen LogP contribution is -2.57. The quantitative estimate of drug-likeness (QED) is 0.285. The minimum absolute atomic E-state index is 0.173. The molecule has 3 atom stereocenters. The second kappa shape index (κ2) is 11.0. The molecule has 0 aliphatic carbocycles. The van der Waals surface area contributed by atoms with E-state index in [0.29, 0.717) is 38.0 Å². The third-order valence-electron chi connectivity index (χ3n) is 7.89. The molecule has 0 radical (unpaired) electrons. The summed E-state index contributed by atoms with van der Waals surface area (Å²) in [6, 6.07) is 23.2. The van der Waals surface area contributed by atoms with Crippen LogP contribution in [0.25, 0.3) is 10.9 Å². The molecule has 8 nitrogen and oxygen atoms in total. The van der Waals surface area contributed by atoms with E-state index in [1.165, 1.54) is 0 Å². The molecule has 2 aliphatic heterocycles. The van der Waals surface area contributed by atoms with E-state index in [1.54, 1.807) is 12.0 Å². The summed E-state index contributed by atoms with van der Waals surface area (Å²) in [6.07, 6.45) is 1.36. The number of fused-ring (bicyclic) bond motifs is 7. The van der Waals surface area contributed by atoms with Gasteiger partial charge in [0.15, 0.2) is 0 Å². The lowest BCUT2D eigenvalue weighted by atomic mass is 9.89. The van der Waals surface area contributed by atoms with Crippen molar-refractivity contribution < 1.29 is 19.1 Å². The van der Waals surface area contributed by atoms with Crippen molar-refractivity contribution in [1.82, 2.24) is 20.5 Å². The smallest absolute Gasteiger partial charge is 0.255 e. The molecule has 0 saturated carbocycles. The van der Waals surface area contributed by atoms with Gasteiger partial charge >= 0.3 is 0 Å². The number of rotatable bonds is 9. The van der Waals surface area contributed by atoms with Gasteiger partial charge in [0.05, 0.1) is 6.04 Å². The Kier molecular flexibility index (Phi) is 7.09. The summed E-state index contributed by atoms with van der Waals surface area (Å²) in [5, 5.41) is 7.00. The topological polar surface area (TPSA) is 104 Å². The van der Waals surface area contributed by atoms with Crippen LogP contribution in [0, 0.1) is 0 Å². The number of amides is 3. The second-order valence-corrected chi connectivity index (χ2v) is 10.4. The summed E-state index contributed by atoms with van der Waals surface area (Å²) >= 11 is 0. The Bertz CT molecular complexity index is 1560. The van der Waals surface area contributed by atoms with E-state index < -0.39 is 18.1 Å². The first-order chi connectivity index (χ1) is 19.6. The van der Waals surface area contributed by atoms with Gasteiger partial charge < -0.3 is 25.3 Å². The van der Waals surface area contributed by atoms with Gasteiger partial charge in [-0.3, -0.25) is 14.4 Å². The fraction of sp³-hybridized carbons (Fsp3) is 0.281. The van der Waals surface area contributed by atoms with Crippen molar-refractivity contribution >= 4 is 28.6 Å². The lowest BCUT2D eigenvalue weighted by Gasteiger charge is -2.37. The van der Waals surface area contributed by atoms with Crippen LogP contribution in [-0.4, -0.2) is 60.0 Å². The van der Waals surface area contributed by atoms with Gasteiger partial charge in [-0.2, -0.15) is 0 Å². The Hall–Kier alpha value is -4.43. The first-order valence-corrected chi connectivity index (χ1v) is 13.7. The average molecular weight is 537 g/mol. The molecule has 8 heteroatoms. The molecule has 204 valence electrons. The molecule has 0 spiro atoms. The van der Waals surface area contributed by atoms with Crippen LogP contribution in [0.15, 0.2) is 78.9 Å². The first kappa shape index (κ1) is 25.8. The summed E-state index contributed by atoms with van der Waals surface area (Å²) in [4.78, 5) is 46.3. The summed E-state index contributed by atoms with van der Waals surface area (Å²) < 4.78 is 5.09. The van der Waals surface area contributed by atoms with E-state index >= 15 is 0 Å². The van der Waals surface area contributed by atoms with Crippen LogP contribution in [-0.2, 0) is 27.2 Å². The van der Waals surface area contributed by atoms with Crippen LogP contribution in [0.5, 0.6) is 0 Å². The number of benzene rings is 3. The minimum atomic E-state index is -0.791. The maximum absolute atomic E-state index is 14.1. The highest BCUT2D eigenvalue weighted by molar-refractivity contribution is 6.04. The van der Waals surface area contributed by atoms with Gasteiger partial charge in [0.25, 0.3) is 5.91 Å². The predicted molar refractivity (Wildman–Crippen MR) is 152 cm³/mol. The van der Waals surface area contributed by atoms with E-state index in [0.717, 1.165) is 33.3 Å². The zero-order valence-corrected chi connectivity index (χ0v) is 22.4. The highest BCUT2D eigenvalue weighted by Crippen LogP contribution is 2.46. The molecule has 2 aliphatic rings. The van der Waals surface area contributed by atoms with Crippen LogP contribution in [0.3, 0.4) is 0 Å². The van der Waals surface area contributed by atoms with Gasteiger partial charge in [-0.1, -0.05) is 66.7 Å². The zero-order valence-electron chi connectivity index (χ0n) is 22.4. The van der Waals surface area contributed by atoms with Crippen LogP contribution >= 0.6 is 0 Å². The number of hydrogen-bond donors (Lipinski definition) is 3. The second-order valence-electron chi connectivity index (χ2n) is 10.4. The fourth-order valence-corrected chi connectivity index (χ4v) is 6.02. The first-order valence-electron chi connectivity index (χ1n) is 13.7. The number of carbonyl (C=O) groups is 3. The third kappa shape index (κ3) is 4.64. The minimum Gasteiger partial charge on any atom is -0.385 e. The molecular formula is C32H32N4O4. The van der Waals surface area contributed by atoms with Crippen LogP contribution < -0.4 is 10.6 Å². The summed E-state index contributed by atoms with van der Waals surface area (Å²) in [5.74, 6) is -0.770. The molecule has 1 aromatic heterocycles. The molecule has 0 bridgehead atoms. The van der Waals surface area contributed by atoms with Crippen molar-refractivity contribution in [2.75, 3.05) is 20.3 Å². The summed E-state index contributed by atoms with van der Waals surface area (Å²) in [7, 11) is 1.62. The molecular weight excluding hydrogens is 504 g/mol. The molecule has 0 fully saturated rings. The largest absolute Gasteiger partial charge is 0.385 e. The molecule has 3 aromatic carbocycles. The SMILES string of the molecule is COCCCNC(=O)[C@H](Cc1ccccc1)NC(=O)[C@@H]1Cc2c([nH]c3ccccc23)[C@@H]2c3ccccc3C(=O)N21. The van der Waals surface area contributed by atoms with Crippen LogP contribution in [0.4, 0.5) is 0 Å². The van der Waals surface area contributed by atoms with E-state index in [9.17, 15) is 14.4 Å². The molecule has 6 rings (SSSR count). The van der Waals surface area contributed by atoms with Crippen molar-refractivity contribution in [2.24, 2.45) is 0 Å². The number of aromatic amines is 1.